The van der Waals surface area contributed by atoms with Crippen molar-refractivity contribution in [1.29, 1.82) is 0 Å². The zero-order valence-electron chi connectivity index (χ0n) is 21.2. The number of hydrogen-bond donors (Lipinski definition) is 2. The molecule has 9 heteroatoms. The molecule has 6 rings (SSSR count). The number of carbonyl (C=O) groups excluding carboxylic acids is 3. The number of halogens is 1. The first-order valence-electron chi connectivity index (χ1n) is 12.9. The van der Waals surface area contributed by atoms with Crippen molar-refractivity contribution in [3.63, 3.8) is 0 Å². The van der Waals surface area contributed by atoms with Gasteiger partial charge in [0.15, 0.2) is 0 Å². The Morgan fingerprint density at radius 3 is 2.76 bits per heavy atom. The van der Waals surface area contributed by atoms with Crippen LogP contribution in [0.2, 0.25) is 0 Å². The molecule has 3 aromatic rings. The number of rotatable bonds is 4. The van der Waals surface area contributed by atoms with Gasteiger partial charge in [0.2, 0.25) is 11.8 Å². The average molecular weight is 514 g/mol. The van der Waals surface area contributed by atoms with Crippen LogP contribution in [0.15, 0.2) is 54.9 Å². The summed E-state index contributed by atoms with van der Waals surface area (Å²) in [4.78, 5) is 50.1. The number of pyridine rings is 2. The van der Waals surface area contributed by atoms with Crippen molar-refractivity contribution in [3.8, 4) is 0 Å². The lowest BCUT2D eigenvalue weighted by atomic mass is 9.80. The van der Waals surface area contributed by atoms with E-state index in [0.717, 1.165) is 16.8 Å². The number of benzene rings is 1. The molecule has 1 fully saturated rings. The monoisotopic (exact) mass is 513 g/mol. The van der Waals surface area contributed by atoms with Crippen LogP contribution in [0.1, 0.15) is 58.9 Å². The summed E-state index contributed by atoms with van der Waals surface area (Å²) in [6, 6.07) is 11.2. The number of piperidine rings is 1. The molecule has 38 heavy (non-hydrogen) atoms. The van der Waals surface area contributed by atoms with Gasteiger partial charge in [-0.3, -0.25) is 19.4 Å². The topological polar surface area (TPSA) is 104 Å². The summed E-state index contributed by atoms with van der Waals surface area (Å²) in [5, 5.41) is 5.75. The largest absolute Gasteiger partial charge is 0.340 e. The van der Waals surface area contributed by atoms with Gasteiger partial charge in [-0.15, -0.1) is 0 Å². The van der Waals surface area contributed by atoms with Gasteiger partial charge in [0.25, 0.3) is 5.91 Å². The molecular weight excluding hydrogens is 485 g/mol. The third-order valence-electron chi connectivity index (χ3n) is 8.07. The highest BCUT2D eigenvalue weighted by Crippen LogP contribution is 2.46. The molecular formula is C29H28FN5O3. The molecule has 3 atom stereocenters. The van der Waals surface area contributed by atoms with Gasteiger partial charge < -0.3 is 15.5 Å². The summed E-state index contributed by atoms with van der Waals surface area (Å²) in [7, 11) is 0. The van der Waals surface area contributed by atoms with Crippen LogP contribution in [-0.2, 0) is 27.8 Å². The van der Waals surface area contributed by atoms with Crippen LogP contribution in [0, 0.1) is 5.82 Å². The molecule has 0 bridgehead atoms. The Hall–Kier alpha value is -4.14. The Balaban J connectivity index is 1.24. The second-order valence-electron chi connectivity index (χ2n) is 10.7. The van der Waals surface area contributed by atoms with Crippen molar-refractivity contribution in [2.75, 3.05) is 11.9 Å². The molecule has 2 aliphatic heterocycles. The zero-order valence-corrected chi connectivity index (χ0v) is 21.2. The number of amides is 3. The quantitative estimate of drug-likeness (QED) is 0.558. The summed E-state index contributed by atoms with van der Waals surface area (Å²) in [6.45, 7) is 4.21. The third-order valence-corrected chi connectivity index (χ3v) is 8.07. The fourth-order valence-electron chi connectivity index (χ4n) is 6.09. The Labute approximate surface area is 219 Å². The van der Waals surface area contributed by atoms with E-state index < -0.39 is 17.4 Å². The lowest BCUT2D eigenvalue weighted by molar-refractivity contribution is -0.138. The average Bonchev–Trinajstić information content (AvgIpc) is 3.42. The highest BCUT2D eigenvalue weighted by molar-refractivity contribution is 6.06. The highest BCUT2D eigenvalue weighted by atomic mass is 19.1. The normalized spacial score (nSPS) is 23.9. The second-order valence-corrected chi connectivity index (χ2v) is 10.7. The maximum Gasteiger partial charge on any atom is 0.253 e. The summed E-state index contributed by atoms with van der Waals surface area (Å²) >= 11 is 0. The van der Waals surface area contributed by atoms with Gasteiger partial charge in [0.1, 0.15) is 17.7 Å². The van der Waals surface area contributed by atoms with Crippen LogP contribution in [0.5, 0.6) is 0 Å². The molecule has 1 spiro atoms. The van der Waals surface area contributed by atoms with Crippen molar-refractivity contribution < 1.29 is 18.8 Å². The van der Waals surface area contributed by atoms with Gasteiger partial charge in [-0.2, -0.15) is 0 Å². The second kappa shape index (κ2) is 9.01. The summed E-state index contributed by atoms with van der Waals surface area (Å²) in [6.07, 6.45) is 4.29. The minimum atomic E-state index is -0.790. The summed E-state index contributed by atoms with van der Waals surface area (Å²) < 4.78 is 14.6. The molecule has 0 radical (unpaired) electrons. The standard InChI is InChI=1S/C29H28FN5O3/c1-16(2)35-15-19(20-6-3-4-8-22(20)30)11-23(27(35)37)33-26(36)18-10-17-12-29(13-24(17)32-14-18)21-7-5-9-31-25(21)34-28(29)38/h3-10,14,16,19,23H,11-13,15H2,1-2H3,(H,33,36)(H,31,34,38)/t19-,23+,29?/m1/s1. The molecule has 3 amide bonds. The predicted molar refractivity (Wildman–Crippen MR) is 138 cm³/mol. The van der Waals surface area contributed by atoms with Gasteiger partial charge in [0, 0.05) is 48.6 Å². The number of nitrogens with zero attached hydrogens (tertiary/aromatic N) is 3. The minimum absolute atomic E-state index is 0.0933. The Morgan fingerprint density at radius 2 is 1.97 bits per heavy atom. The van der Waals surface area contributed by atoms with E-state index in [-0.39, 0.29) is 29.6 Å². The van der Waals surface area contributed by atoms with Crippen molar-refractivity contribution in [1.82, 2.24) is 20.2 Å². The van der Waals surface area contributed by atoms with Crippen LogP contribution >= 0.6 is 0 Å². The fraction of sp³-hybridized carbons (Fsp3) is 0.345. The van der Waals surface area contributed by atoms with Crippen LogP contribution in [0.4, 0.5) is 10.2 Å². The smallest absolute Gasteiger partial charge is 0.253 e. The van der Waals surface area contributed by atoms with Gasteiger partial charge in [0.05, 0.1) is 11.0 Å². The van der Waals surface area contributed by atoms with Gasteiger partial charge in [-0.25, -0.2) is 9.37 Å². The van der Waals surface area contributed by atoms with Gasteiger partial charge in [-0.05, 0) is 56.0 Å². The molecule has 1 saturated heterocycles. The van der Waals surface area contributed by atoms with Crippen LogP contribution in [0.25, 0.3) is 0 Å². The number of fused-ring (bicyclic) bond motifs is 3. The van der Waals surface area contributed by atoms with Crippen molar-refractivity contribution >= 4 is 23.5 Å². The lowest BCUT2D eigenvalue weighted by Gasteiger charge is -2.40. The first kappa shape index (κ1) is 24.2. The molecule has 8 nitrogen and oxygen atoms in total. The van der Waals surface area contributed by atoms with E-state index in [1.165, 1.54) is 12.3 Å². The Morgan fingerprint density at radius 1 is 1.16 bits per heavy atom. The lowest BCUT2D eigenvalue weighted by Crippen LogP contribution is -2.56. The van der Waals surface area contributed by atoms with E-state index in [9.17, 15) is 18.8 Å². The first-order chi connectivity index (χ1) is 18.3. The molecule has 3 aliphatic rings. The molecule has 2 N–H and O–H groups in total. The Bertz CT molecular complexity index is 1470. The van der Waals surface area contributed by atoms with E-state index >= 15 is 0 Å². The molecule has 0 saturated carbocycles. The van der Waals surface area contributed by atoms with Gasteiger partial charge in [-0.1, -0.05) is 24.3 Å². The molecule has 1 unspecified atom stereocenters. The number of anilines is 1. The molecule has 1 aliphatic carbocycles. The van der Waals surface area contributed by atoms with E-state index in [1.807, 2.05) is 26.0 Å². The maximum atomic E-state index is 14.6. The van der Waals surface area contributed by atoms with E-state index in [1.54, 1.807) is 35.4 Å². The molecule has 194 valence electrons. The number of likely N-dealkylation sites (tertiary alicyclic amines) is 1. The number of hydrogen-bond acceptors (Lipinski definition) is 5. The van der Waals surface area contributed by atoms with Crippen molar-refractivity contribution in [3.05, 3.63) is 88.6 Å². The number of carbonyl (C=O) groups is 3. The van der Waals surface area contributed by atoms with E-state index in [4.69, 9.17) is 0 Å². The van der Waals surface area contributed by atoms with Crippen LogP contribution in [0.3, 0.4) is 0 Å². The zero-order chi connectivity index (χ0) is 26.6. The first-order valence-corrected chi connectivity index (χ1v) is 12.9. The van der Waals surface area contributed by atoms with E-state index in [2.05, 4.69) is 20.6 Å². The van der Waals surface area contributed by atoms with Crippen molar-refractivity contribution in [2.24, 2.45) is 0 Å². The summed E-state index contributed by atoms with van der Waals surface area (Å²) in [5.41, 5.74) is 2.52. The van der Waals surface area contributed by atoms with Crippen LogP contribution < -0.4 is 10.6 Å². The third kappa shape index (κ3) is 3.84. The molecule has 2 aromatic heterocycles. The Kier molecular flexibility index (Phi) is 5.74. The van der Waals surface area contributed by atoms with E-state index in [0.29, 0.717) is 42.8 Å². The van der Waals surface area contributed by atoms with Crippen molar-refractivity contribution in [2.45, 2.75) is 56.5 Å². The predicted octanol–water partition coefficient (Wildman–Crippen LogP) is 3.13. The maximum absolute atomic E-state index is 14.6. The minimum Gasteiger partial charge on any atom is -0.340 e. The highest BCUT2D eigenvalue weighted by Gasteiger charge is 2.51. The summed E-state index contributed by atoms with van der Waals surface area (Å²) in [5.74, 6) is -0.704. The fourth-order valence-corrected chi connectivity index (χ4v) is 6.09. The molecule has 1 aromatic carbocycles. The number of aromatic nitrogens is 2. The SMILES string of the molecule is CC(C)N1C[C@H](c2ccccc2F)C[C@H](NC(=O)c2cnc3c(c2)CC2(C3)C(=O)Nc3ncccc32)C1=O. The van der Waals surface area contributed by atoms with Crippen LogP contribution in [-0.4, -0.2) is 51.2 Å². The molecule has 4 heterocycles. The number of nitrogens with one attached hydrogen (secondary N) is 2. The van der Waals surface area contributed by atoms with Gasteiger partial charge >= 0.3 is 0 Å².